The van der Waals surface area contributed by atoms with Crippen molar-refractivity contribution in [2.75, 3.05) is 13.4 Å². The topological polar surface area (TPSA) is 82.3 Å². The van der Waals surface area contributed by atoms with Crippen molar-refractivity contribution in [3.05, 3.63) is 17.8 Å². The van der Waals surface area contributed by atoms with E-state index in [1.54, 1.807) is 0 Å². The molecule has 1 amide bonds. The molecule has 6 heteroatoms. The molecule has 76 valence electrons. The van der Waals surface area contributed by atoms with E-state index in [-0.39, 0.29) is 11.3 Å². The summed E-state index contributed by atoms with van der Waals surface area (Å²) in [6, 6.07) is 1.37. The van der Waals surface area contributed by atoms with Gasteiger partial charge in [-0.25, -0.2) is 4.98 Å². The van der Waals surface area contributed by atoms with Crippen LogP contribution in [0, 0.1) is 0 Å². The normalized spacial score (nSPS) is 12.1. The lowest BCUT2D eigenvalue weighted by Crippen LogP contribution is -2.13. The van der Waals surface area contributed by atoms with Gasteiger partial charge in [-0.3, -0.25) is 9.00 Å². The highest BCUT2D eigenvalue weighted by Gasteiger charge is 2.11. The molecular weight excluding hydrogens is 204 g/mol. The van der Waals surface area contributed by atoms with Gasteiger partial charge < -0.3 is 10.5 Å². The molecule has 0 aliphatic rings. The highest BCUT2D eigenvalue weighted by molar-refractivity contribution is 7.84. The lowest BCUT2D eigenvalue weighted by Gasteiger charge is -2.05. The monoisotopic (exact) mass is 214 g/mol. The van der Waals surface area contributed by atoms with E-state index in [1.165, 1.54) is 25.6 Å². The fraction of sp³-hybridized carbons (Fsp3) is 0.250. The zero-order valence-corrected chi connectivity index (χ0v) is 8.63. The lowest BCUT2D eigenvalue weighted by molar-refractivity contribution is 0.0997. The quantitative estimate of drug-likeness (QED) is 0.763. The lowest BCUT2D eigenvalue weighted by atomic mass is 10.2. The third kappa shape index (κ3) is 2.08. The van der Waals surface area contributed by atoms with Crippen molar-refractivity contribution in [3.63, 3.8) is 0 Å². The summed E-state index contributed by atoms with van der Waals surface area (Å²) < 4.78 is 16.0. The maximum atomic E-state index is 11.1. The summed E-state index contributed by atoms with van der Waals surface area (Å²) in [5, 5.41) is 0.305. The first kappa shape index (κ1) is 10.6. The van der Waals surface area contributed by atoms with Gasteiger partial charge in [-0.05, 0) is 6.07 Å². The summed E-state index contributed by atoms with van der Waals surface area (Å²) in [5.41, 5.74) is 5.30. The summed E-state index contributed by atoms with van der Waals surface area (Å²) in [6.45, 7) is 0. The molecule has 0 aliphatic heterocycles. The third-order valence-corrected chi connectivity index (χ3v) is 2.43. The zero-order valence-electron chi connectivity index (χ0n) is 7.81. The second kappa shape index (κ2) is 4.19. The van der Waals surface area contributed by atoms with Crippen molar-refractivity contribution in [1.82, 2.24) is 4.98 Å². The van der Waals surface area contributed by atoms with Gasteiger partial charge in [0.15, 0.2) is 0 Å². The van der Waals surface area contributed by atoms with E-state index in [9.17, 15) is 9.00 Å². The van der Waals surface area contributed by atoms with Crippen LogP contribution in [0.4, 0.5) is 0 Å². The van der Waals surface area contributed by atoms with E-state index in [1.807, 2.05) is 0 Å². The van der Waals surface area contributed by atoms with Crippen molar-refractivity contribution < 1.29 is 13.7 Å². The maximum Gasteiger partial charge on any atom is 0.252 e. The van der Waals surface area contributed by atoms with Gasteiger partial charge in [0.1, 0.15) is 10.8 Å². The summed E-state index contributed by atoms with van der Waals surface area (Å²) in [7, 11) is 0.168. The van der Waals surface area contributed by atoms with Crippen molar-refractivity contribution in [2.24, 2.45) is 5.73 Å². The standard InChI is InChI=1S/C8H10N2O3S/c1-13-6-4-10-7(14(2)12)3-5(6)8(9)11/h3-4H,1-2H3,(H2,9,11). The largest absolute Gasteiger partial charge is 0.494 e. The summed E-state index contributed by atoms with van der Waals surface area (Å²) in [4.78, 5) is 14.8. The number of nitrogens with zero attached hydrogens (tertiary/aromatic N) is 1. The minimum Gasteiger partial charge on any atom is -0.494 e. The minimum absolute atomic E-state index is 0.188. The van der Waals surface area contributed by atoms with Crippen LogP contribution in [-0.2, 0) is 10.8 Å². The number of pyridine rings is 1. The molecule has 1 rings (SSSR count). The van der Waals surface area contributed by atoms with Crippen LogP contribution in [0.3, 0.4) is 0 Å². The first-order valence-corrected chi connectivity index (χ1v) is 5.29. The Morgan fingerprint density at radius 2 is 2.29 bits per heavy atom. The Labute approximate surface area is 83.7 Å². The predicted molar refractivity (Wildman–Crippen MR) is 51.6 cm³/mol. The maximum absolute atomic E-state index is 11.1. The second-order valence-electron chi connectivity index (χ2n) is 2.54. The first-order chi connectivity index (χ1) is 6.56. The van der Waals surface area contributed by atoms with E-state index in [4.69, 9.17) is 10.5 Å². The number of carbonyl (C=O) groups excluding carboxylic acids is 1. The van der Waals surface area contributed by atoms with Crippen molar-refractivity contribution in [3.8, 4) is 5.75 Å². The van der Waals surface area contributed by atoms with Gasteiger partial charge in [0, 0.05) is 6.26 Å². The van der Waals surface area contributed by atoms with Gasteiger partial charge in [-0.2, -0.15) is 0 Å². The summed E-state index contributed by atoms with van der Waals surface area (Å²) >= 11 is 0. The number of aromatic nitrogens is 1. The molecular formula is C8H10N2O3S. The van der Waals surface area contributed by atoms with Crippen LogP contribution in [0.2, 0.25) is 0 Å². The molecule has 1 aromatic rings. The second-order valence-corrected chi connectivity index (χ2v) is 3.87. The van der Waals surface area contributed by atoms with E-state index in [0.29, 0.717) is 5.03 Å². The van der Waals surface area contributed by atoms with Crippen LogP contribution >= 0.6 is 0 Å². The van der Waals surface area contributed by atoms with Crippen LogP contribution in [0.15, 0.2) is 17.3 Å². The van der Waals surface area contributed by atoms with Gasteiger partial charge >= 0.3 is 0 Å². The molecule has 1 atom stereocenters. The average molecular weight is 214 g/mol. The molecule has 0 saturated heterocycles. The average Bonchev–Trinajstić information content (AvgIpc) is 2.16. The predicted octanol–water partition coefficient (Wildman–Crippen LogP) is -0.0735. The van der Waals surface area contributed by atoms with E-state index in [2.05, 4.69) is 4.98 Å². The highest BCUT2D eigenvalue weighted by atomic mass is 32.2. The van der Waals surface area contributed by atoms with Crippen LogP contribution < -0.4 is 10.5 Å². The SMILES string of the molecule is COc1cnc(S(C)=O)cc1C(N)=O. The Hall–Kier alpha value is -1.43. The molecule has 1 heterocycles. The number of hydrogen-bond donors (Lipinski definition) is 1. The van der Waals surface area contributed by atoms with E-state index >= 15 is 0 Å². The van der Waals surface area contributed by atoms with Crippen LogP contribution in [0.5, 0.6) is 5.75 Å². The van der Waals surface area contributed by atoms with Crippen LogP contribution in [0.1, 0.15) is 10.4 Å². The van der Waals surface area contributed by atoms with Gasteiger partial charge in [-0.1, -0.05) is 0 Å². The molecule has 0 spiro atoms. The van der Waals surface area contributed by atoms with Crippen LogP contribution in [0.25, 0.3) is 0 Å². The number of nitrogens with two attached hydrogens (primary N) is 1. The summed E-state index contributed by atoms with van der Waals surface area (Å²) in [5.74, 6) is -0.345. The highest BCUT2D eigenvalue weighted by Crippen LogP contribution is 2.18. The Morgan fingerprint density at radius 1 is 1.64 bits per heavy atom. The van der Waals surface area contributed by atoms with Gasteiger partial charge in [0.2, 0.25) is 0 Å². The molecule has 14 heavy (non-hydrogen) atoms. The molecule has 2 N–H and O–H groups in total. The molecule has 1 aromatic heterocycles. The van der Waals surface area contributed by atoms with Gasteiger partial charge in [-0.15, -0.1) is 0 Å². The first-order valence-electron chi connectivity index (χ1n) is 3.73. The van der Waals surface area contributed by atoms with Gasteiger partial charge in [0.25, 0.3) is 5.91 Å². The van der Waals surface area contributed by atoms with Crippen molar-refractivity contribution >= 4 is 16.7 Å². The van der Waals surface area contributed by atoms with E-state index < -0.39 is 16.7 Å². The van der Waals surface area contributed by atoms with E-state index in [0.717, 1.165) is 0 Å². The molecule has 0 bridgehead atoms. The molecule has 0 saturated carbocycles. The number of rotatable bonds is 3. The third-order valence-electron chi connectivity index (χ3n) is 1.62. The van der Waals surface area contributed by atoms with Crippen molar-refractivity contribution in [1.29, 1.82) is 0 Å². The minimum atomic E-state index is -1.24. The van der Waals surface area contributed by atoms with Gasteiger partial charge in [0.05, 0.1) is 29.7 Å². The Bertz CT molecular complexity index is 392. The summed E-state index contributed by atoms with van der Waals surface area (Å²) in [6.07, 6.45) is 2.80. The van der Waals surface area contributed by atoms with Crippen molar-refractivity contribution in [2.45, 2.75) is 5.03 Å². The fourth-order valence-corrected chi connectivity index (χ4v) is 1.42. The molecule has 5 nitrogen and oxygen atoms in total. The zero-order chi connectivity index (χ0) is 10.7. The fourth-order valence-electron chi connectivity index (χ4n) is 0.936. The smallest absolute Gasteiger partial charge is 0.252 e. The molecule has 1 unspecified atom stereocenters. The molecule has 0 radical (unpaired) electrons. The number of carbonyl (C=O) groups is 1. The Morgan fingerprint density at radius 3 is 2.71 bits per heavy atom. The number of methoxy groups -OCH3 is 1. The Kier molecular flexibility index (Phi) is 3.19. The Balaban J connectivity index is 3.27. The number of amides is 1. The van der Waals surface area contributed by atoms with Crippen LogP contribution in [-0.4, -0.2) is 28.5 Å². The number of ether oxygens (including phenoxy) is 1. The number of hydrogen-bond acceptors (Lipinski definition) is 4. The molecule has 0 aromatic carbocycles. The molecule has 0 aliphatic carbocycles. The number of primary amides is 1. The molecule has 0 fully saturated rings.